The number of ether oxygens (including phenoxy) is 1. The van der Waals surface area contributed by atoms with Crippen molar-refractivity contribution < 1.29 is 4.74 Å². The molecule has 94 valence electrons. The Kier molecular flexibility index (Phi) is 4.57. The first kappa shape index (κ1) is 12.6. The Labute approximate surface area is 107 Å². The highest BCUT2D eigenvalue weighted by atomic mass is 35.5. The van der Waals surface area contributed by atoms with Gasteiger partial charge in [0.25, 0.3) is 0 Å². The van der Waals surface area contributed by atoms with Gasteiger partial charge in [-0.2, -0.15) is 4.98 Å². The van der Waals surface area contributed by atoms with E-state index in [0.717, 1.165) is 31.1 Å². The number of hydrogen-bond acceptors (Lipinski definition) is 4. The van der Waals surface area contributed by atoms with Crippen LogP contribution in [0.4, 0.5) is 0 Å². The number of halogens is 1. The number of nitrogens with one attached hydrogen (secondary N) is 1. The largest absolute Gasteiger partial charge is 0.478 e. The maximum Gasteiger partial charge on any atom is 0.225 e. The maximum atomic E-state index is 5.77. The van der Waals surface area contributed by atoms with Gasteiger partial charge >= 0.3 is 0 Å². The average Bonchev–Trinajstić information content (AvgIpc) is 2.29. The second kappa shape index (κ2) is 6.17. The molecule has 1 aromatic rings. The minimum absolute atomic E-state index is 0.249. The lowest BCUT2D eigenvalue weighted by Gasteiger charge is -2.22. The summed E-state index contributed by atoms with van der Waals surface area (Å²) < 4.78 is 5.61. The lowest BCUT2D eigenvalue weighted by atomic mass is 9.97. The maximum absolute atomic E-state index is 5.77. The molecule has 1 atom stereocenters. The quantitative estimate of drug-likeness (QED) is 0.838. The summed E-state index contributed by atoms with van der Waals surface area (Å²) in [5.74, 6) is 1.30. The van der Waals surface area contributed by atoms with Gasteiger partial charge in [0, 0.05) is 11.8 Å². The molecule has 17 heavy (non-hydrogen) atoms. The highest BCUT2D eigenvalue weighted by Crippen LogP contribution is 2.16. The standard InChI is InChI=1S/C12H18ClN3O/c1-9-7-11(16-12(13)15-9)17-6-4-10-3-2-5-14-8-10/h7,10,14H,2-6,8H2,1H3/t10-/m0/s1. The summed E-state index contributed by atoms with van der Waals surface area (Å²) in [7, 11) is 0. The van der Waals surface area contributed by atoms with Crippen molar-refractivity contribution in [1.82, 2.24) is 15.3 Å². The SMILES string of the molecule is Cc1cc(OCC[C@@H]2CCCNC2)nc(Cl)n1. The highest BCUT2D eigenvalue weighted by Gasteiger charge is 2.12. The minimum Gasteiger partial charge on any atom is -0.478 e. The summed E-state index contributed by atoms with van der Waals surface area (Å²) in [5, 5.41) is 3.65. The van der Waals surface area contributed by atoms with E-state index in [0.29, 0.717) is 12.5 Å². The van der Waals surface area contributed by atoms with E-state index >= 15 is 0 Å². The first-order valence-corrected chi connectivity index (χ1v) is 6.46. The van der Waals surface area contributed by atoms with Gasteiger partial charge in [0.05, 0.1) is 6.61 Å². The molecule has 0 aliphatic carbocycles. The molecule has 0 unspecified atom stereocenters. The molecule has 0 amide bonds. The first-order valence-electron chi connectivity index (χ1n) is 6.09. The van der Waals surface area contributed by atoms with Gasteiger partial charge in [0.1, 0.15) is 0 Å². The number of piperidine rings is 1. The van der Waals surface area contributed by atoms with E-state index in [1.165, 1.54) is 12.8 Å². The predicted molar refractivity (Wildman–Crippen MR) is 67.5 cm³/mol. The second-order valence-electron chi connectivity index (χ2n) is 4.47. The summed E-state index contributed by atoms with van der Waals surface area (Å²) in [5.41, 5.74) is 0.833. The van der Waals surface area contributed by atoms with Crippen molar-refractivity contribution in [3.05, 3.63) is 17.0 Å². The van der Waals surface area contributed by atoms with Crippen molar-refractivity contribution in [2.45, 2.75) is 26.2 Å². The molecule has 2 rings (SSSR count). The third-order valence-electron chi connectivity index (χ3n) is 2.98. The smallest absolute Gasteiger partial charge is 0.225 e. The summed E-state index contributed by atoms with van der Waals surface area (Å²) in [6, 6.07) is 1.81. The van der Waals surface area contributed by atoms with Crippen LogP contribution < -0.4 is 10.1 Å². The fourth-order valence-corrected chi connectivity index (χ4v) is 2.30. The molecule has 0 spiro atoms. The molecule has 0 bridgehead atoms. The molecule has 0 aromatic carbocycles. The Morgan fingerprint density at radius 2 is 2.41 bits per heavy atom. The summed E-state index contributed by atoms with van der Waals surface area (Å²) in [6.07, 6.45) is 3.62. The van der Waals surface area contributed by atoms with Crippen LogP contribution in [0.2, 0.25) is 5.28 Å². The third-order valence-corrected chi connectivity index (χ3v) is 3.15. The van der Waals surface area contributed by atoms with Gasteiger partial charge in [-0.05, 0) is 56.8 Å². The van der Waals surface area contributed by atoms with Gasteiger partial charge in [0.2, 0.25) is 11.2 Å². The Balaban J connectivity index is 1.77. The van der Waals surface area contributed by atoms with Gasteiger partial charge in [-0.3, -0.25) is 0 Å². The van der Waals surface area contributed by atoms with Gasteiger partial charge in [-0.1, -0.05) is 0 Å². The van der Waals surface area contributed by atoms with E-state index in [4.69, 9.17) is 16.3 Å². The highest BCUT2D eigenvalue weighted by molar-refractivity contribution is 6.28. The Morgan fingerprint density at radius 3 is 3.12 bits per heavy atom. The molecule has 2 heterocycles. The molecule has 1 fully saturated rings. The Bertz CT molecular complexity index is 347. The molecule has 1 saturated heterocycles. The van der Waals surface area contributed by atoms with Crippen molar-refractivity contribution >= 4 is 11.6 Å². The van der Waals surface area contributed by atoms with Crippen LogP contribution in [0.15, 0.2) is 6.07 Å². The van der Waals surface area contributed by atoms with E-state index in [1.54, 1.807) is 0 Å². The van der Waals surface area contributed by atoms with Crippen LogP contribution in [-0.4, -0.2) is 29.7 Å². The van der Waals surface area contributed by atoms with Gasteiger partial charge in [-0.15, -0.1) is 0 Å². The van der Waals surface area contributed by atoms with Crippen LogP contribution in [-0.2, 0) is 0 Å². The van der Waals surface area contributed by atoms with E-state index < -0.39 is 0 Å². The molecule has 1 aromatic heterocycles. The Morgan fingerprint density at radius 1 is 1.53 bits per heavy atom. The van der Waals surface area contributed by atoms with E-state index in [9.17, 15) is 0 Å². The number of nitrogens with zero attached hydrogens (tertiary/aromatic N) is 2. The first-order chi connectivity index (χ1) is 8.24. The van der Waals surface area contributed by atoms with Crippen molar-refractivity contribution in [2.24, 2.45) is 5.92 Å². The number of hydrogen-bond donors (Lipinski definition) is 1. The number of aryl methyl sites for hydroxylation is 1. The topological polar surface area (TPSA) is 47.0 Å². The average molecular weight is 256 g/mol. The normalized spacial score (nSPS) is 20.2. The molecule has 1 aliphatic rings. The van der Waals surface area contributed by atoms with Crippen LogP contribution in [0.5, 0.6) is 5.88 Å². The molecular formula is C12H18ClN3O. The number of rotatable bonds is 4. The van der Waals surface area contributed by atoms with Crippen molar-refractivity contribution in [3.8, 4) is 5.88 Å². The lowest BCUT2D eigenvalue weighted by Crippen LogP contribution is -2.30. The zero-order valence-electron chi connectivity index (χ0n) is 10.1. The molecule has 1 N–H and O–H groups in total. The summed E-state index contributed by atoms with van der Waals surface area (Å²) in [4.78, 5) is 8.03. The van der Waals surface area contributed by atoms with Crippen LogP contribution in [0.25, 0.3) is 0 Å². The van der Waals surface area contributed by atoms with E-state index in [1.807, 2.05) is 13.0 Å². The van der Waals surface area contributed by atoms with Crippen LogP contribution in [0.3, 0.4) is 0 Å². The zero-order chi connectivity index (χ0) is 12.1. The van der Waals surface area contributed by atoms with Gasteiger partial charge in [0.15, 0.2) is 0 Å². The molecule has 4 nitrogen and oxygen atoms in total. The predicted octanol–water partition coefficient (Wildman–Crippen LogP) is 2.21. The van der Waals surface area contributed by atoms with Crippen molar-refractivity contribution in [3.63, 3.8) is 0 Å². The molecule has 5 heteroatoms. The zero-order valence-corrected chi connectivity index (χ0v) is 10.8. The summed E-state index contributed by atoms with van der Waals surface area (Å²) in [6.45, 7) is 4.83. The molecule has 1 aliphatic heterocycles. The lowest BCUT2D eigenvalue weighted by molar-refractivity contribution is 0.247. The fourth-order valence-electron chi connectivity index (χ4n) is 2.08. The van der Waals surface area contributed by atoms with E-state index in [2.05, 4.69) is 15.3 Å². The van der Waals surface area contributed by atoms with Crippen molar-refractivity contribution in [1.29, 1.82) is 0 Å². The Hall–Kier alpha value is -0.870. The number of aromatic nitrogens is 2. The second-order valence-corrected chi connectivity index (χ2v) is 4.80. The molecular weight excluding hydrogens is 238 g/mol. The third kappa shape index (κ3) is 4.13. The molecule has 0 saturated carbocycles. The monoisotopic (exact) mass is 255 g/mol. The summed E-state index contributed by atoms with van der Waals surface area (Å²) >= 11 is 5.77. The van der Waals surface area contributed by atoms with Crippen LogP contribution in [0.1, 0.15) is 25.0 Å². The van der Waals surface area contributed by atoms with E-state index in [-0.39, 0.29) is 5.28 Å². The minimum atomic E-state index is 0.249. The van der Waals surface area contributed by atoms with Crippen LogP contribution in [0, 0.1) is 12.8 Å². The van der Waals surface area contributed by atoms with Crippen LogP contribution >= 0.6 is 11.6 Å². The molecule has 0 radical (unpaired) electrons. The fraction of sp³-hybridized carbons (Fsp3) is 0.667. The van der Waals surface area contributed by atoms with Gasteiger partial charge < -0.3 is 10.1 Å². The van der Waals surface area contributed by atoms with Gasteiger partial charge in [-0.25, -0.2) is 4.98 Å². The van der Waals surface area contributed by atoms with Crippen molar-refractivity contribution in [2.75, 3.05) is 19.7 Å².